The van der Waals surface area contributed by atoms with Crippen molar-refractivity contribution in [1.82, 2.24) is 59.5 Å². The summed E-state index contributed by atoms with van der Waals surface area (Å²) in [4.78, 5) is 67.2. The molecular weight excluding hydrogens is 1180 g/mol. The number of fused-ring (bicyclic) bond motifs is 8. The fraction of sp³-hybridized carbons (Fsp3) is 0.800. The summed E-state index contributed by atoms with van der Waals surface area (Å²) in [5, 5.41) is 0. The van der Waals surface area contributed by atoms with Crippen LogP contribution in [0.25, 0.3) is 45.4 Å². The fourth-order valence-corrected chi connectivity index (χ4v) is 13.4. The molecule has 5 rings (SSSR count). The molecule has 0 spiro atoms. The van der Waals surface area contributed by atoms with Crippen LogP contribution < -0.4 is 19.6 Å². The van der Waals surface area contributed by atoms with Gasteiger partial charge in [-0.3, -0.25) is 0 Å². The van der Waals surface area contributed by atoms with Gasteiger partial charge in [-0.15, -0.1) is 0 Å². The lowest BCUT2D eigenvalue weighted by Crippen LogP contribution is -2.32. The molecule has 0 aromatic carbocycles. The molecule has 2 aliphatic heterocycles. The molecule has 0 aliphatic carbocycles. The molecule has 546 valence electrons. The Balaban J connectivity index is 2.45. The van der Waals surface area contributed by atoms with Crippen LogP contribution in [0.2, 0.25) is 0 Å². The highest BCUT2D eigenvalue weighted by molar-refractivity contribution is 6.00. The molecule has 3 aromatic rings. The highest BCUT2D eigenvalue weighted by Gasteiger charge is 2.37. The summed E-state index contributed by atoms with van der Waals surface area (Å²) in [5.74, 6) is 2.96. The minimum absolute atomic E-state index is 0.731. The van der Waals surface area contributed by atoms with Crippen molar-refractivity contribution >= 4 is 68.1 Å². The summed E-state index contributed by atoms with van der Waals surface area (Å²) in [6.07, 6.45) is 34.7. The van der Waals surface area contributed by atoms with Gasteiger partial charge in [-0.1, -0.05) is 214 Å². The first-order valence-corrected chi connectivity index (χ1v) is 40.8. The SMILES string of the molecule is CCCCN(CCCC)C1=C(N(CCCC)CCCC)c2nc1nc1nc(nc3[nH]c(nc4[nH]c(n2)c(N(CCCC)CCCC)c4N(CCCC)CCCC)c(N(CCCC)CCCC)c3N(CCCC)CCCC)C(N(CCCC)CCCC)=C1N(CCCC)CCCC. The monoisotopic (exact) mass is 1330 g/mol. The number of anilines is 4. The van der Waals surface area contributed by atoms with E-state index in [4.69, 9.17) is 29.9 Å². The van der Waals surface area contributed by atoms with Crippen LogP contribution in [0.4, 0.5) is 22.7 Å². The predicted molar refractivity (Wildman–Crippen MR) is 419 cm³/mol. The van der Waals surface area contributed by atoms with Crippen LogP contribution in [0, 0.1) is 0 Å². The highest BCUT2D eigenvalue weighted by atomic mass is 15.3. The minimum atomic E-state index is 0.731. The van der Waals surface area contributed by atoms with Gasteiger partial charge in [-0.25, -0.2) is 29.9 Å². The molecule has 0 saturated carbocycles. The second-order valence-electron chi connectivity index (χ2n) is 28.0. The van der Waals surface area contributed by atoms with Crippen molar-refractivity contribution in [2.45, 2.75) is 316 Å². The first-order chi connectivity index (χ1) is 47.0. The molecule has 0 unspecified atom stereocenters. The number of H-pyrrole nitrogens is 2. The quantitative estimate of drug-likeness (QED) is 0.0555. The third-order valence-electron chi connectivity index (χ3n) is 19.4. The van der Waals surface area contributed by atoms with Crippen LogP contribution in [0.5, 0.6) is 0 Å². The van der Waals surface area contributed by atoms with Gasteiger partial charge >= 0.3 is 0 Å². The molecule has 2 aliphatic rings. The van der Waals surface area contributed by atoms with Crippen LogP contribution in [-0.4, -0.2) is 164 Å². The minimum Gasteiger partial charge on any atom is -0.367 e. The Morgan fingerprint density at radius 2 is 0.312 bits per heavy atom. The lowest BCUT2D eigenvalue weighted by Gasteiger charge is -2.32. The third-order valence-corrected chi connectivity index (χ3v) is 19.4. The highest BCUT2D eigenvalue weighted by Crippen LogP contribution is 2.44. The van der Waals surface area contributed by atoms with E-state index in [0.29, 0.717) is 0 Å². The maximum absolute atomic E-state index is 6.29. The Kier molecular flexibility index (Phi) is 39.8. The summed E-state index contributed by atoms with van der Waals surface area (Å²) in [5.41, 5.74) is 12.6. The van der Waals surface area contributed by atoms with Crippen molar-refractivity contribution in [3.8, 4) is 0 Å². The second-order valence-corrected chi connectivity index (χ2v) is 28.0. The van der Waals surface area contributed by atoms with E-state index in [-0.39, 0.29) is 0 Å². The van der Waals surface area contributed by atoms with Crippen LogP contribution in [-0.2, 0) is 0 Å². The number of rotatable bonds is 56. The molecular formula is C80H146N16. The molecule has 0 radical (unpaired) electrons. The van der Waals surface area contributed by atoms with Crippen LogP contribution in [0.1, 0.15) is 340 Å². The molecule has 16 nitrogen and oxygen atoms in total. The molecule has 0 amide bonds. The first-order valence-electron chi connectivity index (χ1n) is 40.8. The van der Waals surface area contributed by atoms with Gasteiger partial charge in [-0.2, -0.15) is 0 Å². The Morgan fingerprint density at radius 1 is 0.177 bits per heavy atom. The van der Waals surface area contributed by atoms with E-state index in [1.165, 1.54) is 22.7 Å². The number of hydrogen-bond acceptors (Lipinski definition) is 14. The molecule has 0 fully saturated rings. The van der Waals surface area contributed by atoms with Gasteiger partial charge in [0.05, 0.1) is 0 Å². The van der Waals surface area contributed by atoms with Gasteiger partial charge in [0.2, 0.25) is 0 Å². The zero-order valence-corrected chi connectivity index (χ0v) is 65.2. The number of aromatic amines is 2. The number of unbranched alkanes of at least 4 members (excludes halogenated alkanes) is 16. The first kappa shape index (κ1) is 81.4. The van der Waals surface area contributed by atoms with Gasteiger partial charge in [-0.05, 0) is 103 Å². The van der Waals surface area contributed by atoms with Crippen molar-refractivity contribution in [2.75, 3.05) is 124 Å². The average molecular weight is 1330 g/mol. The summed E-state index contributed by atoms with van der Waals surface area (Å²) in [6, 6.07) is 0. The molecule has 3 aromatic heterocycles. The van der Waals surface area contributed by atoms with E-state index in [1.807, 2.05) is 0 Å². The lowest BCUT2D eigenvalue weighted by molar-refractivity contribution is 0.353. The van der Waals surface area contributed by atoms with E-state index in [9.17, 15) is 0 Å². The topological polar surface area (TPSA) is 135 Å². The third kappa shape index (κ3) is 23.4. The standard InChI is InChI=1S/C80H146N16/c1-17-33-49-89(50-34-18-2)65-66(90(51-35-19-3)52-36-20-4)74-81-73(65)85-75-67(91(53-37-21-5)54-38-22-6)68(92(55-39-23-7)56-40-24-8)77(82-75)87-79-71(95(61-45-29-13)62-46-30-14)72(96(63-47-31-15)64-48-32-16)80(84-79)88-78-70(94(59-43-27-11)60-44-28-12)69(76(83-78)86-74)93(57-41-25-9)58-42-26-10/h17-64H2,1-16H3,(H2,81,82,83,84,85,86,87,88). The molecule has 96 heavy (non-hydrogen) atoms. The van der Waals surface area contributed by atoms with E-state index < -0.39 is 0 Å². The van der Waals surface area contributed by atoms with E-state index in [1.54, 1.807) is 0 Å². The van der Waals surface area contributed by atoms with Crippen LogP contribution >= 0.6 is 0 Å². The summed E-state index contributed by atoms with van der Waals surface area (Å²) in [7, 11) is 0. The Morgan fingerprint density at radius 3 is 0.469 bits per heavy atom. The van der Waals surface area contributed by atoms with E-state index in [2.05, 4.69) is 160 Å². The van der Waals surface area contributed by atoms with Crippen molar-refractivity contribution in [3.05, 3.63) is 23.3 Å². The van der Waals surface area contributed by atoms with Crippen molar-refractivity contribution in [2.24, 2.45) is 0 Å². The predicted octanol–water partition coefficient (Wildman–Crippen LogP) is 20.8. The zero-order valence-electron chi connectivity index (χ0n) is 65.2. The van der Waals surface area contributed by atoms with E-state index in [0.717, 1.165) is 379 Å². The van der Waals surface area contributed by atoms with Gasteiger partial charge < -0.3 is 49.2 Å². The van der Waals surface area contributed by atoms with Crippen molar-refractivity contribution in [1.29, 1.82) is 0 Å². The summed E-state index contributed by atoms with van der Waals surface area (Å²) in [6.45, 7) is 52.2. The molecule has 0 atom stereocenters. The zero-order chi connectivity index (χ0) is 69.5. The van der Waals surface area contributed by atoms with Gasteiger partial charge in [0.25, 0.3) is 0 Å². The Bertz CT molecular complexity index is 2580. The van der Waals surface area contributed by atoms with Crippen molar-refractivity contribution < 1.29 is 0 Å². The smallest absolute Gasteiger partial charge is 0.182 e. The maximum atomic E-state index is 6.29. The number of hydrogen-bond donors (Lipinski definition) is 2. The van der Waals surface area contributed by atoms with Crippen LogP contribution in [0.15, 0.2) is 0 Å². The molecule has 2 N–H and O–H groups in total. The fourth-order valence-electron chi connectivity index (χ4n) is 13.4. The number of nitrogens with one attached hydrogen (secondary N) is 2. The van der Waals surface area contributed by atoms with Crippen molar-refractivity contribution in [3.63, 3.8) is 0 Å². The van der Waals surface area contributed by atoms with E-state index >= 15 is 0 Å². The number of aromatic nitrogens is 8. The largest absolute Gasteiger partial charge is 0.367 e. The van der Waals surface area contributed by atoms with Crippen LogP contribution in [0.3, 0.4) is 0 Å². The number of nitrogens with zero attached hydrogens (tertiary/aromatic N) is 14. The lowest BCUT2D eigenvalue weighted by atomic mass is 10.1. The molecule has 16 heteroatoms. The molecule has 5 heterocycles. The second kappa shape index (κ2) is 46.9. The van der Waals surface area contributed by atoms with Gasteiger partial charge in [0, 0.05) is 105 Å². The Labute approximate surface area is 588 Å². The maximum Gasteiger partial charge on any atom is 0.182 e. The summed E-state index contributed by atoms with van der Waals surface area (Å²) >= 11 is 0. The van der Waals surface area contributed by atoms with Gasteiger partial charge in [0.15, 0.2) is 45.9 Å². The van der Waals surface area contributed by atoms with Gasteiger partial charge in [0.1, 0.15) is 45.5 Å². The normalized spacial score (nSPS) is 12.4. The average Bonchev–Trinajstić information content (AvgIpc) is 1.60. The molecule has 0 saturated heterocycles. The molecule has 8 bridgehead atoms. The summed E-state index contributed by atoms with van der Waals surface area (Å²) < 4.78 is 0. The Hall–Kier alpha value is -5.28.